The van der Waals surface area contributed by atoms with E-state index in [2.05, 4.69) is 0 Å². The molecule has 5 heteroatoms. The highest BCUT2D eigenvalue weighted by atomic mass is 16.5. The number of carbonyl (C=O) groups excluding carboxylic acids is 2. The zero-order valence-electron chi connectivity index (χ0n) is 9.02. The Hall–Kier alpha value is -1.46. The van der Waals surface area contributed by atoms with Crippen LogP contribution in [-0.4, -0.2) is 42.6 Å². The maximum atomic E-state index is 11.9. The molecule has 0 saturated heterocycles. The van der Waals surface area contributed by atoms with Gasteiger partial charge >= 0.3 is 0 Å². The number of aliphatic hydroxyl groups excluding tert-OH is 1. The molecule has 0 bridgehead atoms. The fraction of sp³-hybridized carbons (Fsp3) is 0.455. The lowest BCUT2D eigenvalue weighted by Crippen LogP contribution is -2.41. The van der Waals surface area contributed by atoms with Crippen molar-refractivity contribution in [3.63, 3.8) is 0 Å². The van der Waals surface area contributed by atoms with E-state index in [0.29, 0.717) is 0 Å². The van der Waals surface area contributed by atoms with Gasteiger partial charge in [0, 0.05) is 17.2 Å². The van der Waals surface area contributed by atoms with Crippen LogP contribution in [0.25, 0.3) is 0 Å². The van der Waals surface area contributed by atoms with Gasteiger partial charge in [-0.25, -0.2) is 0 Å². The second kappa shape index (κ2) is 3.84. The van der Waals surface area contributed by atoms with Crippen LogP contribution in [0.15, 0.2) is 23.0 Å². The van der Waals surface area contributed by atoms with Crippen LogP contribution < -0.4 is 0 Å². The van der Waals surface area contributed by atoms with Crippen molar-refractivity contribution in [1.82, 2.24) is 0 Å². The van der Waals surface area contributed by atoms with Gasteiger partial charge in [0.25, 0.3) is 0 Å². The molecule has 86 valence electrons. The zero-order chi connectivity index (χ0) is 11.9. The lowest BCUT2D eigenvalue weighted by atomic mass is 9.86. The van der Waals surface area contributed by atoms with Crippen LogP contribution in [0.5, 0.6) is 0 Å². The average Bonchev–Trinajstić information content (AvgIpc) is 2.27. The molecule has 16 heavy (non-hydrogen) atoms. The molecular formula is C11H12O5. The Bertz CT molecular complexity index is 418. The molecule has 1 heterocycles. The molecule has 2 atom stereocenters. The molecular weight excluding hydrogens is 212 g/mol. The first-order valence-electron chi connectivity index (χ1n) is 4.93. The molecule has 0 spiro atoms. The van der Waals surface area contributed by atoms with Crippen molar-refractivity contribution in [2.45, 2.75) is 19.1 Å². The second-order valence-corrected chi connectivity index (χ2v) is 3.76. The van der Waals surface area contributed by atoms with Gasteiger partial charge in [-0.05, 0) is 6.92 Å². The number of Topliss-reactive ketones (excluding diaryl/α,β-unsaturated/α-hetero) is 1. The number of hydrogen-bond donors (Lipinski definition) is 1. The second-order valence-electron chi connectivity index (χ2n) is 3.76. The number of rotatable bonds is 1. The predicted octanol–water partition coefficient (Wildman–Crippen LogP) is -0.255. The van der Waals surface area contributed by atoms with Gasteiger partial charge in [0.05, 0.1) is 19.8 Å². The molecule has 5 nitrogen and oxygen atoms in total. The van der Waals surface area contributed by atoms with E-state index in [1.807, 2.05) is 0 Å². The normalized spacial score (nSPS) is 30.1. The first-order chi connectivity index (χ1) is 7.56. The van der Waals surface area contributed by atoms with Crippen LogP contribution >= 0.6 is 0 Å². The summed E-state index contributed by atoms with van der Waals surface area (Å²) < 4.78 is 10.0. The highest BCUT2D eigenvalue weighted by Gasteiger charge is 2.39. The van der Waals surface area contributed by atoms with Gasteiger partial charge in [0.1, 0.15) is 6.10 Å². The maximum Gasteiger partial charge on any atom is 0.226 e. The van der Waals surface area contributed by atoms with Crippen molar-refractivity contribution in [2.24, 2.45) is 0 Å². The van der Waals surface area contributed by atoms with Crippen LogP contribution in [0.2, 0.25) is 0 Å². The number of carbonyl (C=O) groups is 2. The summed E-state index contributed by atoms with van der Waals surface area (Å²) >= 11 is 0. The van der Waals surface area contributed by atoms with Crippen molar-refractivity contribution in [2.75, 3.05) is 13.7 Å². The minimum Gasteiger partial charge on any atom is -0.493 e. The van der Waals surface area contributed by atoms with Crippen molar-refractivity contribution < 1.29 is 24.2 Å². The van der Waals surface area contributed by atoms with Crippen molar-refractivity contribution >= 4 is 11.6 Å². The molecule has 0 amide bonds. The third kappa shape index (κ3) is 1.48. The summed E-state index contributed by atoms with van der Waals surface area (Å²) in [6.45, 7) is 1.71. The molecule has 0 aromatic heterocycles. The molecule has 2 rings (SSSR count). The van der Waals surface area contributed by atoms with Crippen LogP contribution in [0.3, 0.4) is 0 Å². The average molecular weight is 224 g/mol. The standard InChI is InChI=1S/C11H12O5/c1-5-10(13)9-6(4-16-5)7(12)3-8(15-2)11(9)14/h3,5,10,13H,4H2,1-2H3/t5-,10+/m0/s1. The number of allylic oxidation sites excluding steroid dienone is 2. The Kier molecular flexibility index (Phi) is 2.65. The minimum atomic E-state index is -1.07. The number of ether oxygens (including phenoxy) is 2. The monoisotopic (exact) mass is 224 g/mol. The van der Waals surface area contributed by atoms with E-state index in [4.69, 9.17) is 9.47 Å². The lowest BCUT2D eigenvalue weighted by Gasteiger charge is -2.30. The lowest BCUT2D eigenvalue weighted by molar-refractivity contribution is -0.122. The number of ketones is 2. The molecule has 0 fully saturated rings. The van der Waals surface area contributed by atoms with E-state index in [1.165, 1.54) is 7.11 Å². The van der Waals surface area contributed by atoms with Gasteiger partial charge in [-0.15, -0.1) is 0 Å². The Balaban J connectivity index is 2.46. The van der Waals surface area contributed by atoms with E-state index in [1.54, 1.807) is 6.92 Å². The summed E-state index contributed by atoms with van der Waals surface area (Å²) in [6.07, 6.45) is -0.432. The predicted molar refractivity (Wildman–Crippen MR) is 53.6 cm³/mol. The van der Waals surface area contributed by atoms with Gasteiger partial charge < -0.3 is 14.6 Å². The SMILES string of the molecule is COC1=CC(=O)C2=C(C1=O)[C@H](O)[C@H](C)OC2. The van der Waals surface area contributed by atoms with Gasteiger partial charge in [0.15, 0.2) is 11.5 Å². The summed E-state index contributed by atoms with van der Waals surface area (Å²) in [7, 11) is 1.32. The molecule has 2 aliphatic rings. The minimum absolute atomic E-state index is 0.0306. The van der Waals surface area contributed by atoms with E-state index in [9.17, 15) is 14.7 Å². The number of methoxy groups -OCH3 is 1. The van der Waals surface area contributed by atoms with Gasteiger partial charge in [-0.2, -0.15) is 0 Å². The van der Waals surface area contributed by atoms with Crippen molar-refractivity contribution in [3.8, 4) is 0 Å². The number of hydrogen-bond acceptors (Lipinski definition) is 5. The summed E-state index contributed by atoms with van der Waals surface area (Å²) in [5.74, 6) is -0.797. The van der Waals surface area contributed by atoms with E-state index in [0.717, 1.165) is 6.08 Å². The van der Waals surface area contributed by atoms with Crippen molar-refractivity contribution in [3.05, 3.63) is 23.0 Å². The third-order valence-electron chi connectivity index (χ3n) is 2.80. The first-order valence-corrected chi connectivity index (χ1v) is 4.93. The molecule has 0 saturated carbocycles. The van der Waals surface area contributed by atoms with Gasteiger partial charge in [0.2, 0.25) is 5.78 Å². The zero-order valence-corrected chi connectivity index (χ0v) is 9.02. The highest BCUT2D eigenvalue weighted by molar-refractivity contribution is 6.22. The Morgan fingerprint density at radius 3 is 2.81 bits per heavy atom. The topological polar surface area (TPSA) is 72.8 Å². The van der Waals surface area contributed by atoms with E-state index < -0.39 is 18.0 Å². The number of aliphatic hydroxyl groups is 1. The molecule has 1 N–H and O–H groups in total. The van der Waals surface area contributed by atoms with Crippen LogP contribution in [0, 0.1) is 0 Å². The van der Waals surface area contributed by atoms with Gasteiger partial charge in [-0.1, -0.05) is 0 Å². The van der Waals surface area contributed by atoms with Gasteiger partial charge in [-0.3, -0.25) is 9.59 Å². The highest BCUT2D eigenvalue weighted by Crippen LogP contribution is 2.28. The van der Waals surface area contributed by atoms with Crippen molar-refractivity contribution in [1.29, 1.82) is 0 Å². The summed E-state index contributed by atoms with van der Waals surface area (Å²) in [4.78, 5) is 23.5. The van der Waals surface area contributed by atoms with Crippen LogP contribution in [-0.2, 0) is 19.1 Å². The summed E-state index contributed by atoms with van der Waals surface area (Å²) in [6, 6.07) is 0. The Labute approximate surface area is 92.3 Å². The molecule has 0 aromatic rings. The fourth-order valence-corrected chi connectivity index (χ4v) is 1.83. The summed E-state index contributed by atoms with van der Waals surface area (Å²) in [5, 5.41) is 9.84. The fourth-order valence-electron chi connectivity index (χ4n) is 1.83. The smallest absolute Gasteiger partial charge is 0.226 e. The largest absolute Gasteiger partial charge is 0.493 e. The maximum absolute atomic E-state index is 11.9. The van der Waals surface area contributed by atoms with E-state index in [-0.39, 0.29) is 29.3 Å². The molecule has 0 radical (unpaired) electrons. The Morgan fingerprint density at radius 1 is 1.50 bits per heavy atom. The Morgan fingerprint density at radius 2 is 2.19 bits per heavy atom. The molecule has 1 aliphatic carbocycles. The third-order valence-corrected chi connectivity index (χ3v) is 2.80. The first kappa shape index (κ1) is 11.0. The molecule has 0 aromatic carbocycles. The van der Waals surface area contributed by atoms with Crippen LogP contribution in [0.4, 0.5) is 0 Å². The van der Waals surface area contributed by atoms with E-state index >= 15 is 0 Å². The van der Waals surface area contributed by atoms with Crippen LogP contribution in [0.1, 0.15) is 6.92 Å². The quantitative estimate of drug-likeness (QED) is 0.621. The summed E-state index contributed by atoms with van der Waals surface area (Å²) in [5.41, 5.74) is 0.347. The molecule has 0 unspecified atom stereocenters. The molecule has 1 aliphatic heterocycles.